The molecule has 1 aromatic heterocycles. The summed E-state index contributed by atoms with van der Waals surface area (Å²) in [5.74, 6) is -1.45. The summed E-state index contributed by atoms with van der Waals surface area (Å²) >= 11 is 0. The lowest BCUT2D eigenvalue weighted by atomic mass is 10.2. The van der Waals surface area contributed by atoms with E-state index in [4.69, 9.17) is 4.74 Å². The topological polar surface area (TPSA) is 63.6 Å². The maximum atomic E-state index is 14.3. The van der Waals surface area contributed by atoms with Crippen molar-refractivity contribution in [2.24, 2.45) is 7.05 Å². The van der Waals surface area contributed by atoms with E-state index in [-0.39, 0.29) is 35.8 Å². The van der Waals surface area contributed by atoms with E-state index in [0.29, 0.717) is 5.52 Å². The second-order valence-corrected chi connectivity index (χ2v) is 5.42. The van der Waals surface area contributed by atoms with Crippen LogP contribution in [0.25, 0.3) is 10.9 Å². The Morgan fingerprint density at radius 3 is 2.65 bits per heavy atom. The predicted octanol–water partition coefficient (Wildman–Crippen LogP) is 1.99. The Morgan fingerprint density at radius 2 is 2.04 bits per heavy atom. The molecule has 7 heteroatoms. The van der Waals surface area contributed by atoms with Gasteiger partial charge in [0.2, 0.25) is 5.91 Å². The number of amides is 1. The fourth-order valence-electron chi connectivity index (χ4n) is 2.47. The number of carbonyl (C=O) groups excluding carboxylic acids is 2. The number of esters is 1. The summed E-state index contributed by atoms with van der Waals surface area (Å²) < 4.78 is 20.8. The van der Waals surface area contributed by atoms with Crippen molar-refractivity contribution in [3.05, 3.63) is 29.7 Å². The summed E-state index contributed by atoms with van der Waals surface area (Å²) in [5.41, 5.74) is 0.776. The van der Waals surface area contributed by atoms with Crippen molar-refractivity contribution in [3.8, 4) is 0 Å². The molecule has 0 spiro atoms. The number of aryl methyl sites for hydroxylation is 1. The number of nitrogens with one attached hydrogen (secondary N) is 1. The number of hydrogen-bond donors (Lipinski definition) is 1. The molecule has 23 heavy (non-hydrogen) atoms. The minimum Gasteiger partial charge on any atom is -0.461 e. The summed E-state index contributed by atoms with van der Waals surface area (Å²) in [6.07, 6.45) is 0. The highest BCUT2D eigenvalue weighted by Crippen LogP contribution is 2.33. The summed E-state index contributed by atoms with van der Waals surface area (Å²) in [7, 11) is 5.13. The van der Waals surface area contributed by atoms with E-state index in [2.05, 4.69) is 5.32 Å². The van der Waals surface area contributed by atoms with Gasteiger partial charge in [-0.3, -0.25) is 4.79 Å². The highest BCUT2D eigenvalue weighted by atomic mass is 19.1. The Kier molecular flexibility index (Phi) is 5.00. The van der Waals surface area contributed by atoms with Crippen LogP contribution in [0.3, 0.4) is 0 Å². The van der Waals surface area contributed by atoms with Crippen molar-refractivity contribution in [2.75, 3.05) is 32.6 Å². The van der Waals surface area contributed by atoms with Crippen molar-refractivity contribution in [3.63, 3.8) is 0 Å². The molecule has 0 unspecified atom stereocenters. The number of aromatic nitrogens is 1. The first-order valence-corrected chi connectivity index (χ1v) is 7.25. The first kappa shape index (κ1) is 17.0. The third kappa shape index (κ3) is 3.34. The van der Waals surface area contributed by atoms with Crippen LogP contribution in [0.4, 0.5) is 10.1 Å². The van der Waals surface area contributed by atoms with Crippen molar-refractivity contribution in [1.82, 2.24) is 9.47 Å². The summed E-state index contributed by atoms with van der Waals surface area (Å²) in [4.78, 5) is 26.0. The summed E-state index contributed by atoms with van der Waals surface area (Å²) in [5, 5.41) is 2.84. The molecule has 6 nitrogen and oxygen atoms in total. The second-order valence-electron chi connectivity index (χ2n) is 5.42. The highest BCUT2D eigenvalue weighted by molar-refractivity contribution is 6.11. The molecule has 2 rings (SSSR count). The zero-order valence-corrected chi connectivity index (χ0v) is 13.6. The number of carbonyl (C=O) groups is 2. The van der Waals surface area contributed by atoms with Crippen LogP contribution in [0.1, 0.15) is 17.4 Å². The van der Waals surface area contributed by atoms with Crippen LogP contribution in [-0.2, 0) is 16.6 Å². The number of ether oxygens (including phenoxy) is 1. The van der Waals surface area contributed by atoms with Gasteiger partial charge in [0, 0.05) is 7.05 Å². The largest absolute Gasteiger partial charge is 0.461 e. The molecule has 0 aliphatic heterocycles. The molecule has 0 saturated heterocycles. The number of benzene rings is 1. The van der Waals surface area contributed by atoms with E-state index >= 15 is 0 Å². The standard InChI is InChI=1S/C16H20FN3O3/c1-5-23-16(22)15-14(18-12(21)9-19(2)3)13-10(17)7-6-8-11(13)20(15)4/h6-8H,5,9H2,1-4H3,(H,18,21). The SMILES string of the molecule is CCOC(=O)c1c(NC(=O)CN(C)C)c2c(F)cccc2n1C. The second kappa shape index (κ2) is 6.78. The fourth-order valence-corrected chi connectivity index (χ4v) is 2.47. The van der Waals surface area contributed by atoms with Gasteiger partial charge in [-0.05, 0) is 33.2 Å². The highest BCUT2D eigenvalue weighted by Gasteiger charge is 2.25. The van der Waals surface area contributed by atoms with Gasteiger partial charge in [0.1, 0.15) is 5.82 Å². The molecular weight excluding hydrogens is 301 g/mol. The van der Waals surface area contributed by atoms with Crippen LogP contribution in [0.15, 0.2) is 18.2 Å². The van der Waals surface area contributed by atoms with Crippen LogP contribution in [0.5, 0.6) is 0 Å². The van der Waals surface area contributed by atoms with Gasteiger partial charge in [0.05, 0.1) is 29.7 Å². The molecule has 1 amide bonds. The number of anilines is 1. The molecule has 0 bridgehead atoms. The Balaban J connectivity index is 2.60. The fraction of sp³-hybridized carbons (Fsp3) is 0.375. The molecule has 0 aliphatic carbocycles. The Hall–Kier alpha value is -2.41. The number of fused-ring (bicyclic) bond motifs is 1. The van der Waals surface area contributed by atoms with E-state index < -0.39 is 11.8 Å². The van der Waals surface area contributed by atoms with Crippen molar-refractivity contribution in [1.29, 1.82) is 0 Å². The van der Waals surface area contributed by atoms with E-state index in [9.17, 15) is 14.0 Å². The minimum atomic E-state index is -0.606. The molecule has 124 valence electrons. The Bertz CT molecular complexity index is 753. The van der Waals surface area contributed by atoms with Crippen LogP contribution < -0.4 is 5.32 Å². The van der Waals surface area contributed by atoms with Crippen molar-refractivity contribution in [2.45, 2.75) is 6.92 Å². The Morgan fingerprint density at radius 1 is 1.35 bits per heavy atom. The predicted molar refractivity (Wildman–Crippen MR) is 86.0 cm³/mol. The molecule has 0 fully saturated rings. The molecule has 0 atom stereocenters. The molecule has 2 aromatic rings. The lowest BCUT2D eigenvalue weighted by molar-refractivity contribution is -0.116. The van der Waals surface area contributed by atoms with Crippen LogP contribution in [-0.4, -0.2) is 48.6 Å². The van der Waals surface area contributed by atoms with E-state index in [1.807, 2.05) is 0 Å². The summed E-state index contributed by atoms with van der Waals surface area (Å²) in [6, 6.07) is 4.53. The van der Waals surface area contributed by atoms with Gasteiger partial charge in [-0.25, -0.2) is 9.18 Å². The van der Waals surface area contributed by atoms with Gasteiger partial charge in [-0.15, -0.1) is 0 Å². The molecule has 0 radical (unpaired) electrons. The van der Waals surface area contributed by atoms with Crippen LogP contribution in [0.2, 0.25) is 0 Å². The van der Waals surface area contributed by atoms with Gasteiger partial charge in [0.15, 0.2) is 5.69 Å². The number of nitrogens with zero attached hydrogens (tertiary/aromatic N) is 2. The van der Waals surface area contributed by atoms with Gasteiger partial charge < -0.3 is 19.5 Å². The van der Waals surface area contributed by atoms with E-state index in [1.165, 1.54) is 10.6 Å². The molecule has 0 saturated carbocycles. The molecular formula is C16H20FN3O3. The smallest absolute Gasteiger partial charge is 0.357 e. The number of halogens is 1. The third-order valence-electron chi connectivity index (χ3n) is 3.37. The first-order valence-electron chi connectivity index (χ1n) is 7.25. The van der Waals surface area contributed by atoms with Crippen molar-refractivity contribution >= 4 is 28.5 Å². The number of rotatable bonds is 5. The van der Waals surface area contributed by atoms with Gasteiger partial charge in [0.25, 0.3) is 0 Å². The van der Waals surface area contributed by atoms with Gasteiger partial charge in [-0.2, -0.15) is 0 Å². The third-order valence-corrected chi connectivity index (χ3v) is 3.37. The quantitative estimate of drug-likeness (QED) is 0.856. The molecule has 0 aliphatic rings. The molecule has 1 heterocycles. The maximum absolute atomic E-state index is 14.3. The maximum Gasteiger partial charge on any atom is 0.357 e. The van der Waals surface area contributed by atoms with E-state index in [0.717, 1.165) is 0 Å². The average molecular weight is 321 g/mol. The average Bonchev–Trinajstić information content (AvgIpc) is 2.72. The number of likely N-dealkylation sites (N-methyl/N-ethyl adjacent to an activating group) is 1. The monoisotopic (exact) mass is 321 g/mol. The normalized spacial score (nSPS) is 11.0. The van der Waals surface area contributed by atoms with Crippen LogP contribution in [0, 0.1) is 5.82 Å². The van der Waals surface area contributed by atoms with Crippen LogP contribution >= 0.6 is 0 Å². The van der Waals surface area contributed by atoms with Crippen molar-refractivity contribution < 1.29 is 18.7 Å². The summed E-state index contributed by atoms with van der Waals surface area (Å²) in [6.45, 7) is 1.99. The zero-order chi connectivity index (χ0) is 17.1. The van der Waals surface area contributed by atoms with E-state index in [1.54, 1.807) is 45.1 Å². The minimum absolute atomic E-state index is 0.118. The first-order chi connectivity index (χ1) is 10.9. The molecule has 1 aromatic carbocycles. The zero-order valence-electron chi connectivity index (χ0n) is 13.6. The van der Waals surface area contributed by atoms with Gasteiger partial charge >= 0.3 is 5.97 Å². The number of hydrogen-bond acceptors (Lipinski definition) is 4. The lowest BCUT2D eigenvalue weighted by Crippen LogP contribution is -2.28. The Labute approximate surface area is 133 Å². The van der Waals surface area contributed by atoms with Gasteiger partial charge in [-0.1, -0.05) is 6.07 Å². The lowest BCUT2D eigenvalue weighted by Gasteiger charge is -2.11. The molecule has 1 N–H and O–H groups in total.